The van der Waals surface area contributed by atoms with Crippen molar-refractivity contribution in [1.29, 1.82) is 0 Å². The van der Waals surface area contributed by atoms with Crippen LogP contribution in [-0.4, -0.2) is 33.7 Å². The quantitative estimate of drug-likeness (QED) is 0.495. The molecule has 0 aliphatic carbocycles. The molecular weight excluding hydrogens is 246 g/mol. The first kappa shape index (κ1) is 12.1. The number of hydrogen-bond donors (Lipinski definition) is 1. The summed E-state index contributed by atoms with van der Waals surface area (Å²) >= 11 is 5.74. The van der Waals surface area contributed by atoms with E-state index in [2.05, 4.69) is 4.98 Å². The van der Waals surface area contributed by atoms with Crippen molar-refractivity contribution >= 4 is 23.1 Å². The second-order valence-electron chi connectivity index (χ2n) is 4.43. The lowest BCUT2D eigenvalue weighted by molar-refractivity contribution is -0.384. The molecule has 1 unspecified atom stereocenters. The summed E-state index contributed by atoms with van der Waals surface area (Å²) < 4.78 is 0. The molecule has 1 atom stereocenters. The highest BCUT2D eigenvalue weighted by atomic mass is 35.5. The first-order valence-electron chi connectivity index (χ1n) is 5.17. The Bertz CT molecular complexity index is 464. The molecule has 1 aromatic rings. The van der Waals surface area contributed by atoms with Crippen LogP contribution in [0.3, 0.4) is 0 Å². The molecular formula is C10H12ClN3O3. The van der Waals surface area contributed by atoms with Gasteiger partial charge in [-0.25, -0.2) is 4.98 Å². The van der Waals surface area contributed by atoms with Crippen LogP contribution in [0.4, 0.5) is 11.5 Å². The molecule has 1 N–H and O–H groups in total. The number of aliphatic hydroxyl groups is 1. The standard InChI is InChI=1S/C10H12ClN3O3/c1-10(15)2-3-13(6-10)9-5-7(14(16)17)4-8(11)12-9/h4-5,15H,2-3,6H2,1H3. The smallest absolute Gasteiger partial charge is 0.276 e. The molecule has 0 aromatic carbocycles. The zero-order valence-electron chi connectivity index (χ0n) is 9.26. The number of β-amino-alcohol motifs (C(OH)–C–C–N with tert-alkyl or cyclic N) is 1. The van der Waals surface area contributed by atoms with Gasteiger partial charge in [-0.3, -0.25) is 10.1 Å². The molecule has 0 spiro atoms. The van der Waals surface area contributed by atoms with E-state index >= 15 is 0 Å². The Kier molecular flexibility index (Phi) is 2.92. The molecule has 1 aromatic heterocycles. The maximum atomic E-state index is 10.7. The van der Waals surface area contributed by atoms with Crippen LogP contribution >= 0.6 is 11.6 Å². The van der Waals surface area contributed by atoms with Crippen molar-refractivity contribution in [2.45, 2.75) is 18.9 Å². The molecule has 7 heteroatoms. The summed E-state index contributed by atoms with van der Waals surface area (Å²) in [7, 11) is 0. The fraction of sp³-hybridized carbons (Fsp3) is 0.500. The number of nitro groups is 1. The maximum Gasteiger partial charge on any atom is 0.276 e. The first-order valence-corrected chi connectivity index (χ1v) is 5.54. The van der Waals surface area contributed by atoms with Gasteiger partial charge in [0.2, 0.25) is 0 Å². The molecule has 2 heterocycles. The van der Waals surface area contributed by atoms with Gasteiger partial charge < -0.3 is 10.0 Å². The Balaban J connectivity index is 2.30. The van der Waals surface area contributed by atoms with Gasteiger partial charge in [-0.2, -0.15) is 0 Å². The molecule has 6 nitrogen and oxygen atoms in total. The molecule has 0 amide bonds. The summed E-state index contributed by atoms with van der Waals surface area (Å²) in [6.45, 7) is 2.74. The van der Waals surface area contributed by atoms with Gasteiger partial charge in [0.1, 0.15) is 11.0 Å². The minimum absolute atomic E-state index is 0.0840. The molecule has 17 heavy (non-hydrogen) atoms. The van der Waals surface area contributed by atoms with Crippen LogP contribution in [0.5, 0.6) is 0 Å². The van der Waals surface area contributed by atoms with Crippen LogP contribution in [0.25, 0.3) is 0 Å². The molecule has 92 valence electrons. The fourth-order valence-electron chi connectivity index (χ4n) is 1.88. The predicted molar refractivity (Wildman–Crippen MR) is 63.4 cm³/mol. The summed E-state index contributed by atoms with van der Waals surface area (Å²) in [5, 5.41) is 20.6. The third-order valence-corrected chi connectivity index (χ3v) is 2.95. The van der Waals surface area contributed by atoms with E-state index in [9.17, 15) is 15.2 Å². The van der Waals surface area contributed by atoms with Crippen molar-refractivity contribution in [3.8, 4) is 0 Å². The van der Waals surface area contributed by atoms with Gasteiger partial charge in [0.05, 0.1) is 22.7 Å². The van der Waals surface area contributed by atoms with Crippen molar-refractivity contribution in [3.63, 3.8) is 0 Å². The van der Waals surface area contributed by atoms with Crippen molar-refractivity contribution in [2.24, 2.45) is 0 Å². The van der Waals surface area contributed by atoms with Crippen LogP contribution in [0.2, 0.25) is 5.15 Å². The summed E-state index contributed by atoms with van der Waals surface area (Å²) in [5.41, 5.74) is -0.870. The summed E-state index contributed by atoms with van der Waals surface area (Å²) in [4.78, 5) is 16.0. The van der Waals surface area contributed by atoms with E-state index < -0.39 is 10.5 Å². The second-order valence-corrected chi connectivity index (χ2v) is 4.82. The largest absolute Gasteiger partial charge is 0.388 e. The normalized spacial score (nSPS) is 24.1. The zero-order chi connectivity index (χ0) is 12.6. The van der Waals surface area contributed by atoms with Crippen LogP contribution in [0.1, 0.15) is 13.3 Å². The molecule has 2 rings (SSSR count). The van der Waals surface area contributed by atoms with E-state index in [1.54, 1.807) is 11.8 Å². The number of hydrogen-bond acceptors (Lipinski definition) is 5. The first-order chi connectivity index (χ1) is 7.87. The Morgan fingerprint density at radius 3 is 2.88 bits per heavy atom. The lowest BCUT2D eigenvalue weighted by Gasteiger charge is -2.19. The average Bonchev–Trinajstić information content (AvgIpc) is 2.58. The average molecular weight is 258 g/mol. The number of halogens is 1. The van der Waals surface area contributed by atoms with Gasteiger partial charge in [0, 0.05) is 13.1 Å². The molecule has 1 fully saturated rings. The number of rotatable bonds is 2. The molecule has 0 radical (unpaired) electrons. The Morgan fingerprint density at radius 2 is 2.35 bits per heavy atom. The van der Waals surface area contributed by atoms with Gasteiger partial charge in [0.15, 0.2) is 0 Å². The van der Waals surface area contributed by atoms with Crippen molar-refractivity contribution in [3.05, 3.63) is 27.4 Å². The van der Waals surface area contributed by atoms with E-state index in [1.807, 2.05) is 0 Å². The fourth-order valence-corrected chi connectivity index (χ4v) is 2.08. The highest BCUT2D eigenvalue weighted by molar-refractivity contribution is 6.29. The van der Waals surface area contributed by atoms with Gasteiger partial charge in [-0.1, -0.05) is 11.6 Å². The van der Waals surface area contributed by atoms with Gasteiger partial charge >= 0.3 is 0 Å². The summed E-state index contributed by atoms with van der Waals surface area (Å²) in [6, 6.07) is 2.58. The third kappa shape index (κ3) is 2.65. The number of pyridine rings is 1. The lowest BCUT2D eigenvalue weighted by atomic mass is 10.1. The van der Waals surface area contributed by atoms with Crippen LogP contribution < -0.4 is 4.90 Å². The van der Waals surface area contributed by atoms with Gasteiger partial charge in [-0.05, 0) is 13.3 Å². The lowest BCUT2D eigenvalue weighted by Crippen LogP contribution is -2.30. The molecule has 1 saturated heterocycles. The van der Waals surface area contributed by atoms with Crippen LogP contribution in [-0.2, 0) is 0 Å². The van der Waals surface area contributed by atoms with E-state index in [0.717, 1.165) is 0 Å². The van der Waals surface area contributed by atoms with E-state index in [0.29, 0.717) is 25.3 Å². The molecule has 0 saturated carbocycles. The highest BCUT2D eigenvalue weighted by Crippen LogP contribution is 2.28. The van der Waals surface area contributed by atoms with E-state index in [-0.39, 0.29) is 10.8 Å². The molecule has 0 bridgehead atoms. The van der Waals surface area contributed by atoms with Crippen LogP contribution in [0, 0.1) is 10.1 Å². The number of anilines is 1. The number of nitrogens with zero attached hydrogens (tertiary/aromatic N) is 3. The minimum atomic E-state index is -0.779. The molecule has 1 aliphatic rings. The molecule has 1 aliphatic heterocycles. The highest BCUT2D eigenvalue weighted by Gasteiger charge is 2.32. The van der Waals surface area contributed by atoms with E-state index in [1.165, 1.54) is 12.1 Å². The van der Waals surface area contributed by atoms with E-state index in [4.69, 9.17) is 11.6 Å². The van der Waals surface area contributed by atoms with Gasteiger partial charge in [-0.15, -0.1) is 0 Å². The van der Waals surface area contributed by atoms with Crippen molar-refractivity contribution in [1.82, 2.24) is 4.98 Å². The summed E-state index contributed by atoms with van der Waals surface area (Å²) in [5.74, 6) is 0.432. The maximum absolute atomic E-state index is 10.7. The van der Waals surface area contributed by atoms with Gasteiger partial charge in [0.25, 0.3) is 5.69 Å². The number of aromatic nitrogens is 1. The Labute approximate surface area is 103 Å². The van der Waals surface area contributed by atoms with Crippen molar-refractivity contribution in [2.75, 3.05) is 18.0 Å². The Morgan fingerprint density at radius 1 is 1.65 bits per heavy atom. The van der Waals surface area contributed by atoms with Crippen molar-refractivity contribution < 1.29 is 10.0 Å². The minimum Gasteiger partial charge on any atom is -0.388 e. The Hall–Kier alpha value is -1.40. The topological polar surface area (TPSA) is 79.5 Å². The SMILES string of the molecule is CC1(O)CCN(c2cc([N+](=O)[O-])cc(Cl)n2)C1. The second kappa shape index (κ2) is 4.12. The monoisotopic (exact) mass is 257 g/mol. The van der Waals surface area contributed by atoms with Crippen LogP contribution in [0.15, 0.2) is 12.1 Å². The third-order valence-electron chi connectivity index (χ3n) is 2.75. The summed E-state index contributed by atoms with van der Waals surface area (Å²) in [6.07, 6.45) is 0.606. The zero-order valence-corrected chi connectivity index (χ0v) is 10.0. The predicted octanol–water partition coefficient (Wildman–Crippen LogP) is 1.60.